The van der Waals surface area contributed by atoms with Gasteiger partial charge in [0.2, 0.25) is 5.91 Å². The fraction of sp³-hybridized carbons (Fsp3) is 0.500. The van der Waals surface area contributed by atoms with Crippen molar-refractivity contribution in [3.05, 3.63) is 30.1 Å². The van der Waals surface area contributed by atoms with E-state index in [4.69, 9.17) is 5.73 Å². The second kappa shape index (κ2) is 6.73. The van der Waals surface area contributed by atoms with Crippen LogP contribution in [-0.2, 0) is 4.79 Å². The zero-order valence-corrected chi connectivity index (χ0v) is 14.5. The van der Waals surface area contributed by atoms with Crippen LogP contribution in [0.25, 0.3) is 11.0 Å². The number of carbonyl (C=O) groups is 1. The van der Waals surface area contributed by atoms with Gasteiger partial charge in [-0.25, -0.2) is 0 Å². The number of fused-ring (bicyclic) bond motifs is 1. The Hall–Kier alpha value is -2.21. The highest BCUT2D eigenvalue weighted by Crippen LogP contribution is 2.29. The number of piperidine rings is 1. The molecule has 0 aliphatic carbocycles. The summed E-state index contributed by atoms with van der Waals surface area (Å²) in [6.45, 7) is 7.67. The SMILES string of the molecule is Cc1ccc(N2C[C@@H](C)C[C@@H](NC(=O)[C@@H](C)N)C2)c2nccnc12. The minimum absolute atomic E-state index is 0.0948. The van der Waals surface area contributed by atoms with E-state index in [9.17, 15) is 4.79 Å². The van der Waals surface area contributed by atoms with E-state index in [-0.39, 0.29) is 11.9 Å². The maximum absolute atomic E-state index is 11.9. The smallest absolute Gasteiger partial charge is 0.236 e. The standard InChI is InChI=1S/C18H25N5O/c1-11-8-14(22-18(24)13(3)19)10-23(9-11)15-5-4-12(2)16-17(15)21-7-6-20-16/h4-7,11,13-14H,8-10,19H2,1-3H3,(H,22,24)/t11-,13+,14+/m0/s1. The lowest BCUT2D eigenvalue weighted by Crippen LogP contribution is -2.53. The molecule has 1 aliphatic heterocycles. The molecule has 1 fully saturated rings. The number of anilines is 1. The van der Waals surface area contributed by atoms with Crippen molar-refractivity contribution in [2.75, 3.05) is 18.0 Å². The van der Waals surface area contributed by atoms with Gasteiger partial charge >= 0.3 is 0 Å². The van der Waals surface area contributed by atoms with Crippen molar-refractivity contribution in [2.45, 2.75) is 39.3 Å². The average Bonchev–Trinajstić information content (AvgIpc) is 2.54. The summed E-state index contributed by atoms with van der Waals surface area (Å²) in [5, 5.41) is 3.07. The molecule has 1 aliphatic rings. The van der Waals surface area contributed by atoms with Crippen LogP contribution in [0.1, 0.15) is 25.8 Å². The molecule has 1 aromatic heterocycles. The first-order chi connectivity index (χ1) is 11.5. The van der Waals surface area contributed by atoms with Crippen molar-refractivity contribution in [1.29, 1.82) is 0 Å². The number of nitrogens with one attached hydrogen (secondary N) is 1. The van der Waals surface area contributed by atoms with Gasteiger partial charge in [0.15, 0.2) is 0 Å². The lowest BCUT2D eigenvalue weighted by Gasteiger charge is -2.38. The average molecular weight is 327 g/mol. The summed E-state index contributed by atoms with van der Waals surface area (Å²) in [5.41, 5.74) is 9.73. The second-order valence-electron chi connectivity index (χ2n) is 6.90. The van der Waals surface area contributed by atoms with Gasteiger partial charge < -0.3 is 16.0 Å². The Morgan fingerprint density at radius 2 is 2.00 bits per heavy atom. The first-order valence-corrected chi connectivity index (χ1v) is 8.47. The van der Waals surface area contributed by atoms with E-state index in [2.05, 4.69) is 39.2 Å². The molecule has 3 rings (SSSR count). The van der Waals surface area contributed by atoms with Crippen LogP contribution in [0.15, 0.2) is 24.5 Å². The van der Waals surface area contributed by atoms with E-state index in [1.165, 1.54) is 0 Å². The highest BCUT2D eigenvalue weighted by molar-refractivity contribution is 5.90. The maximum Gasteiger partial charge on any atom is 0.236 e. The number of nitrogens with zero attached hydrogens (tertiary/aromatic N) is 3. The van der Waals surface area contributed by atoms with Crippen LogP contribution < -0.4 is 16.0 Å². The van der Waals surface area contributed by atoms with E-state index in [1.807, 2.05) is 6.92 Å². The third kappa shape index (κ3) is 3.33. The molecule has 3 atom stereocenters. The van der Waals surface area contributed by atoms with E-state index in [0.717, 1.165) is 41.8 Å². The van der Waals surface area contributed by atoms with Crippen LogP contribution in [0.2, 0.25) is 0 Å². The van der Waals surface area contributed by atoms with Gasteiger partial charge in [-0.1, -0.05) is 13.0 Å². The fourth-order valence-corrected chi connectivity index (χ4v) is 3.42. The molecule has 3 N–H and O–H groups in total. The van der Waals surface area contributed by atoms with E-state index >= 15 is 0 Å². The highest BCUT2D eigenvalue weighted by atomic mass is 16.2. The van der Waals surface area contributed by atoms with Gasteiger partial charge in [0.25, 0.3) is 0 Å². The summed E-state index contributed by atoms with van der Waals surface area (Å²) in [5.74, 6) is 0.382. The van der Waals surface area contributed by atoms with Gasteiger partial charge in [-0.3, -0.25) is 14.8 Å². The fourth-order valence-electron chi connectivity index (χ4n) is 3.42. The molecule has 2 heterocycles. The zero-order valence-electron chi connectivity index (χ0n) is 14.5. The topological polar surface area (TPSA) is 84.1 Å². The van der Waals surface area contributed by atoms with Gasteiger partial charge in [-0.2, -0.15) is 0 Å². The Bertz CT molecular complexity index is 745. The van der Waals surface area contributed by atoms with Crippen LogP contribution in [-0.4, -0.2) is 41.0 Å². The Kier molecular flexibility index (Phi) is 4.66. The molecule has 6 nitrogen and oxygen atoms in total. The molecule has 0 spiro atoms. The largest absolute Gasteiger partial charge is 0.367 e. The predicted octanol–water partition coefficient (Wildman–Crippen LogP) is 1.62. The van der Waals surface area contributed by atoms with Crippen LogP contribution >= 0.6 is 0 Å². The maximum atomic E-state index is 11.9. The number of benzene rings is 1. The van der Waals surface area contributed by atoms with Crippen molar-refractivity contribution >= 4 is 22.6 Å². The molecule has 0 unspecified atom stereocenters. The number of aromatic nitrogens is 2. The molecule has 1 saturated heterocycles. The normalized spacial score (nSPS) is 22.4. The minimum atomic E-state index is -0.484. The third-order valence-corrected chi connectivity index (χ3v) is 4.57. The molecule has 1 aromatic carbocycles. The summed E-state index contributed by atoms with van der Waals surface area (Å²) >= 11 is 0. The lowest BCUT2D eigenvalue weighted by molar-refractivity contribution is -0.122. The molecular formula is C18H25N5O. The Labute approximate surface area is 142 Å². The Morgan fingerprint density at radius 3 is 2.71 bits per heavy atom. The molecule has 1 amide bonds. The van der Waals surface area contributed by atoms with Crippen molar-refractivity contribution in [2.24, 2.45) is 11.7 Å². The first-order valence-electron chi connectivity index (χ1n) is 8.47. The summed E-state index contributed by atoms with van der Waals surface area (Å²) in [7, 11) is 0. The number of hydrogen-bond donors (Lipinski definition) is 2. The first kappa shape index (κ1) is 16.6. The molecule has 2 aromatic rings. The number of aryl methyl sites for hydroxylation is 1. The zero-order chi connectivity index (χ0) is 17.3. The van der Waals surface area contributed by atoms with Gasteiger partial charge in [0, 0.05) is 31.5 Å². The predicted molar refractivity (Wildman–Crippen MR) is 95.8 cm³/mol. The molecule has 0 radical (unpaired) electrons. The van der Waals surface area contributed by atoms with Crippen LogP contribution in [0.4, 0.5) is 5.69 Å². The number of amides is 1. The number of rotatable bonds is 3. The summed E-state index contributed by atoms with van der Waals surface area (Å²) in [6.07, 6.45) is 4.42. The molecule has 24 heavy (non-hydrogen) atoms. The van der Waals surface area contributed by atoms with Gasteiger partial charge in [0.1, 0.15) is 5.52 Å². The Morgan fingerprint density at radius 1 is 1.29 bits per heavy atom. The van der Waals surface area contributed by atoms with Crippen molar-refractivity contribution in [3.8, 4) is 0 Å². The molecule has 0 saturated carbocycles. The minimum Gasteiger partial charge on any atom is -0.367 e. The summed E-state index contributed by atoms with van der Waals surface area (Å²) in [4.78, 5) is 23.3. The second-order valence-corrected chi connectivity index (χ2v) is 6.90. The van der Waals surface area contributed by atoms with Gasteiger partial charge in [-0.15, -0.1) is 0 Å². The monoisotopic (exact) mass is 327 g/mol. The van der Waals surface area contributed by atoms with Crippen molar-refractivity contribution in [3.63, 3.8) is 0 Å². The number of hydrogen-bond acceptors (Lipinski definition) is 5. The van der Waals surface area contributed by atoms with E-state index in [0.29, 0.717) is 5.92 Å². The van der Waals surface area contributed by atoms with Crippen LogP contribution in [0.3, 0.4) is 0 Å². The van der Waals surface area contributed by atoms with E-state index in [1.54, 1.807) is 19.3 Å². The molecule has 0 bridgehead atoms. The van der Waals surface area contributed by atoms with Gasteiger partial charge in [0.05, 0.1) is 17.2 Å². The molecule has 6 heteroatoms. The molecular weight excluding hydrogens is 302 g/mol. The lowest BCUT2D eigenvalue weighted by atomic mass is 9.94. The van der Waals surface area contributed by atoms with Crippen LogP contribution in [0.5, 0.6) is 0 Å². The third-order valence-electron chi connectivity index (χ3n) is 4.57. The van der Waals surface area contributed by atoms with E-state index < -0.39 is 6.04 Å². The number of carbonyl (C=O) groups excluding carboxylic acids is 1. The summed E-state index contributed by atoms with van der Waals surface area (Å²) < 4.78 is 0. The van der Waals surface area contributed by atoms with Crippen molar-refractivity contribution in [1.82, 2.24) is 15.3 Å². The van der Waals surface area contributed by atoms with Crippen molar-refractivity contribution < 1.29 is 4.79 Å². The highest BCUT2D eigenvalue weighted by Gasteiger charge is 2.28. The molecule has 128 valence electrons. The summed E-state index contributed by atoms with van der Waals surface area (Å²) in [6, 6.07) is 3.80. The Balaban J connectivity index is 1.89. The van der Waals surface area contributed by atoms with Gasteiger partial charge in [-0.05, 0) is 37.8 Å². The number of nitrogens with two attached hydrogens (primary N) is 1. The quantitative estimate of drug-likeness (QED) is 0.895. The van der Waals surface area contributed by atoms with Crippen LogP contribution in [0, 0.1) is 12.8 Å².